The molecule has 0 amide bonds. The van der Waals surface area contributed by atoms with E-state index in [-0.39, 0.29) is 0 Å². The van der Waals surface area contributed by atoms with Crippen LogP contribution in [-0.2, 0) is 6.42 Å². The first-order chi connectivity index (χ1) is 10.2. The highest BCUT2D eigenvalue weighted by atomic mass is 15.1. The van der Waals surface area contributed by atoms with Crippen LogP contribution in [-0.4, -0.2) is 22.6 Å². The second-order valence-corrected chi connectivity index (χ2v) is 6.26. The van der Waals surface area contributed by atoms with E-state index in [1.807, 2.05) is 0 Å². The Kier molecular flexibility index (Phi) is 5.83. The maximum Gasteiger partial charge on any atom is 0.134 e. The molecule has 0 radical (unpaired) electrons. The molecule has 2 rings (SSSR count). The van der Waals surface area contributed by atoms with Gasteiger partial charge in [-0.2, -0.15) is 0 Å². The van der Waals surface area contributed by atoms with Gasteiger partial charge in [-0.25, -0.2) is 9.97 Å². The minimum absolute atomic E-state index is 0.501. The Morgan fingerprint density at radius 3 is 2.43 bits per heavy atom. The second-order valence-electron chi connectivity index (χ2n) is 6.26. The lowest BCUT2D eigenvalue weighted by Crippen LogP contribution is -2.31. The van der Waals surface area contributed by atoms with E-state index < -0.39 is 0 Å². The Balaban J connectivity index is 2.17. The van der Waals surface area contributed by atoms with Gasteiger partial charge in [-0.05, 0) is 45.4 Å². The predicted molar refractivity (Wildman–Crippen MR) is 90.0 cm³/mol. The third kappa shape index (κ3) is 4.08. The van der Waals surface area contributed by atoms with Gasteiger partial charge in [0.1, 0.15) is 17.5 Å². The zero-order valence-electron chi connectivity index (χ0n) is 14.0. The molecule has 21 heavy (non-hydrogen) atoms. The Morgan fingerprint density at radius 1 is 1.14 bits per heavy atom. The minimum Gasteiger partial charge on any atom is -0.370 e. The van der Waals surface area contributed by atoms with Gasteiger partial charge in [0, 0.05) is 24.6 Å². The van der Waals surface area contributed by atoms with Crippen molar-refractivity contribution in [3.05, 3.63) is 11.4 Å². The molecule has 2 N–H and O–H groups in total. The molecule has 4 nitrogen and oxygen atoms in total. The van der Waals surface area contributed by atoms with Crippen LogP contribution in [0.4, 0.5) is 11.6 Å². The van der Waals surface area contributed by atoms with Crippen molar-refractivity contribution in [1.82, 2.24) is 9.97 Å². The van der Waals surface area contributed by atoms with Crippen LogP contribution in [0.5, 0.6) is 0 Å². The van der Waals surface area contributed by atoms with Crippen LogP contribution in [0.3, 0.4) is 0 Å². The summed E-state index contributed by atoms with van der Waals surface area (Å²) < 4.78 is 0. The number of aryl methyl sites for hydroxylation is 1. The van der Waals surface area contributed by atoms with Crippen molar-refractivity contribution in [3.63, 3.8) is 0 Å². The molecular formula is C17H30N4. The zero-order chi connectivity index (χ0) is 15.2. The van der Waals surface area contributed by atoms with Crippen LogP contribution in [0.15, 0.2) is 0 Å². The minimum atomic E-state index is 0.501. The summed E-state index contributed by atoms with van der Waals surface area (Å²) in [7, 11) is 0. The third-order valence-corrected chi connectivity index (χ3v) is 4.43. The fraction of sp³-hybridized carbons (Fsp3) is 0.765. The molecule has 0 spiro atoms. The molecule has 1 aliphatic rings. The largest absolute Gasteiger partial charge is 0.370 e. The normalized spacial score (nSPS) is 16.4. The fourth-order valence-corrected chi connectivity index (χ4v) is 2.73. The van der Waals surface area contributed by atoms with Gasteiger partial charge >= 0.3 is 0 Å². The lowest BCUT2D eigenvalue weighted by Gasteiger charge is -2.32. The lowest BCUT2D eigenvalue weighted by atomic mass is 9.80. The maximum absolute atomic E-state index is 4.75. The molecule has 4 heteroatoms. The van der Waals surface area contributed by atoms with Gasteiger partial charge < -0.3 is 10.6 Å². The number of rotatable bonds is 8. The highest BCUT2D eigenvalue weighted by Crippen LogP contribution is 2.32. The fourth-order valence-electron chi connectivity index (χ4n) is 2.73. The smallest absolute Gasteiger partial charge is 0.134 e. The first-order valence-electron chi connectivity index (χ1n) is 8.53. The summed E-state index contributed by atoms with van der Waals surface area (Å²) in [5.74, 6) is 3.77. The van der Waals surface area contributed by atoms with Crippen molar-refractivity contribution in [1.29, 1.82) is 0 Å². The van der Waals surface area contributed by atoms with Crippen molar-refractivity contribution in [2.45, 2.75) is 72.3 Å². The summed E-state index contributed by atoms with van der Waals surface area (Å²) in [5.41, 5.74) is 1.15. The van der Waals surface area contributed by atoms with E-state index in [1.165, 1.54) is 19.3 Å². The molecule has 1 fully saturated rings. The van der Waals surface area contributed by atoms with E-state index in [4.69, 9.17) is 4.98 Å². The van der Waals surface area contributed by atoms with Gasteiger partial charge in [-0.3, -0.25) is 0 Å². The molecule has 1 saturated carbocycles. The molecular weight excluding hydrogens is 260 g/mol. The monoisotopic (exact) mass is 290 g/mol. The van der Waals surface area contributed by atoms with Crippen LogP contribution < -0.4 is 10.6 Å². The SMILES string of the molecule is CCCNc1nc(CCC)nc(NC(C)C2CCC2)c1C. The van der Waals surface area contributed by atoms with E-state index >= 15 is 0 Å². The topological polar surface area (TPSA) is 49.8 Å². The van der Waals surface area contributed by atoms with Crippen molar-refractivity contribution < 1.29 is 0 Å². The van der Waals surface area contributed by atoms with Gasteiger partial charge in [0.15, 0.2) is 0 Å². The second kappa shape index (κ2) is 7.62. The first kappa shape index (κ1) is 16.1. The summed E-state index contributed by atoms with van der Waals surface area (Å²) in [6, 6.07) is 0.501. The molecule has 1 heterocycles. The Hall–Kier alpha value is -1.32. The van der Waals surface area contributed by atoms with Gasteiger partial charge in [0.05, 0.1) is 0 Å². The van der Waals surface area contributed by atoms with E-state index in [0.717, 1.165) is 54.7 Å². The summed E-state index contributed by atoms with van der Waals surface area (Å²) in [6.07, 6.45) is 7.20. The average Bonchev–Trinajstić information content (AvgIpc) is 2.39. The molecule has 1 unspecified atom stereocenters. The van der Waals surface area contributed by atoms with Crippen LogP contribution >= 0.6 is 0 Å². The molecule has 0 aromatic carbocycles. The van der Waals surface area contributed by atoms with Gasteiger partial charge in [0.25, 0.3) is 0 Å². The number of nitrogens with zero attached hydrogens (tertiary/aromatic N) is 2. The summed E-state index contributed by atoms with van der Waals surface area (Å²) >= 11 is 0. The van der Waals surface area contributed by atoms with Crippen molar-refractivity contribution >= 4 is 11.6 Å². The number of anilines is 2. The van der Waals surface area contributed by atoms with E-state index in [1.54, 1.807) is 0 Å². The van der Waals surface area contributed by atoms with E-state index in [9.17, 15) is 0 Å². The van der Waals surface area contributed by atoms with Crippen molar-refractivity contribution in [2.75, 3.05) is 17.2 Å². The standard InChI is InChI=1S/C17H30N4/c1-5-8-15-20-16(18-11-6-2)12(3)17(21-15)19-13(4)14-9-7-10-14/h13-14H,5-11H2,1-4H3,(H2,18,19,20,21). The molecule has 0 aliphatic heterocycles. The van der Waals surface area contributed by atoms with Gasteiger partial charge in [-0.15, -0.1) is 0 Å². The third-order valence-electron chi connectivity index (χ3n) is 4.43. The van der Waals surface area contributed by atoms with Gasteiger partial charge in [0.2, 0.25) is 0 Å². The number of hydrogen-bond donors (Lipinski definition) is 2. The predicted octanol–water partition coefficient (Wildman–Crippen LogP) is 4.16. The molecule has 1 atom stereocenters. The Bertz CT molecular complexity index is 454. The Labute approximate surface area is 129 Å². The summed E-state index contributed by atoms with van der Waals surface area (Å²) in [5, 5.41) is 7.08. The zero-order valence-corrected chi connectivity index (χ0v) is 14.0. The van der Waals surface area contributed by atoms with Crippen LogP contribution in [0.1, 0.15) is 64.3 Å². The lowest BCUT2D eigenvalue weighted by molar-refractivity contribution is 0.285. The first-order valence-corrected chi connectivity index (χ1v) is 8.53. The van der Waals surface area contributed by atoms with Gasteiger partial charge in [-0.1, -0.05) is 20.3 Å². The Morgan fingerprint density at radius 2 is 1.86 bits per heavy atom. The molecule has 1 aromatic rings. The molecule has 118 valence electrons. The molecule has 0 saturated heterocycles. The number of hydrogen-bond acceptors (Lipinski definition) is 4. The van der Waals surface area contributed by atoms with Crippen LogP contribution in [0.2, 0.25) is 0 Å². The molecule has 0 bridgehead atoms. The highest BCUT2D eigenvalue weighted by Gasteiger charge is 2.24. The average molecular weight is 290 g/mol. The van der Waals surface area contributed by atoms with Crippen molar-refractivity contribution in [3.8, 4) is 0 Å². The number of nitrogens with one attached hydrogen (secondary N) is 2. The van der Waals surface area contributed by atoms with Crippen LogP contribution in [0, 0.1) is 12.8 Å². The van der Waals surface area contributed by atoms with E-state index in [0.29, 0.717) is 6.04 Å². The molecule has 1 aromatic heterocycles. The quantitative estimate of drug-likeness (QED) is 0.755. The maximum atomic E-state index is 4.75. The van der Waals surface area contributed by atoms with Crippen LogP contribution in [0.25, 0.3) is 0 Å². The van der Waals surface area contributed by atoms with E-state index in [2.05, 4.69) is 43.3 Å². The molecule has 1 aliphatic carbocycles. The highest BCUT2D eigenvalue weighted by molar-refractivity contribution is 5.57. The summed E-state index contributed by atoms with van der Waals surface area (Å²) in [6.45, 7) is 9.70. The summed E-state index contributed by atoms with van der Waals surface area (Å²) in [4.78, 5) is 9.43. The van der Waals surface area contributed by atoms with Crippen molar-refractivity contribution in [2.24, 2.45) is 5.92 Å². The number of aromatic nitrogens is 2.